The molecule has 0 spiro atoms. The Morgan fingerprint density at radius 1 is 0.952 bits per heavy atom. The lowest BCUT2D eigenvalue weighted by Gasteiger charge is -2.10. The smallest absolute Gasteiger partial charge is 0.134 e. The summed E-state index contributed by atoms with van der Waals surface area (Å²) in [5.74, 6) is 0.510. The fourth-order valence-electron chi connectivity index (χ4n) is 2.36. The van der Waals surface area contributed by atoms with Crippen molar-refractivity contribution in [3.63, 3.8) is 0 Å². The van der Waals surface area contributed by atoms with Crippen LogP contribution in [0.3, 0.4) is 0 Å². The number of nitrogen functional groups attached to an aromatic ring is 1. The van der Waals surface area contributed by atoms with Gasteiger partial charge in [-0.1, -0.05) is 6.07 Å². The third-order valence-electron chi connectivity index (χ3n) is 3.30. The summed E-state index contributed by atoms with van der Waals surface area (Å²) in [6.07, 6.45) is 3.32. The van der Waals surface area contributed by atoms with Gasteiger partial charge in [0.05, 0.1) is 5.52 Å². The number of nitrogens with two attached hydrogens (primary N) is 1. The largest absolute Gasteiger partial charge is 0.383 e. The maximum absolute atomic E-state index is 5.84. The number of nitrogens with zero attached hydrogens (tertiary/aromatic N) is 3. The molecule has 110 valence electrons. The molecule has 4 nitrogen and oxygen atoms in total. The third kappa shape index (κ3) is 3.06. The molecule has 3 aromatic rings. The lowest BCUT2D eigenvalue weighted by atomic mass is 9.98. The van der Waals surface area contributed by atoms with Crippen LogP contribution in [0.25, 0.3) is 22.0 Å². The van der Waals surface area contributed by atoms with Crippen molar-refractivity contribution in [1.82, 2.24) is 15.0 Å². The van der Waals surface area contributed by atoms with Gasteiger partial charge in [-0.3, -0.25) is 4.98 Å². The lowest BCUT2D eigenvalue weighted by molar-refractivity contribution is 1.18. The molecule has 0 atom stereocenters. The number of benzene rings is 1. The number of anilines is 1. The molecule has 0 radical (unpaired) electrons. The van der Waals surface area contributed by atoms with Gasteiger partial charge in [0.1, 0.15) is 12.1 Å². The predicted octanol–water partition coefficient (Wildman–Crippen LogP) is 3.73. The Morgan fingerprint density at radius 2 is 1.71 bits per heavy atom. The number of aromatic nitrogens is 3. The van der Waals surface area contributed by atoms with Gasteiger partial charge in [0.2, 0.25) is 0 Å². The van der Waals surface area contributed by atoms with Crippen molar-refractivity contribution in [1.29, 1.82) is 0 Å². The molecule has 0 aliphatic heterocycles. The van der Waals surface area contributed by atoms with Crippen LogP contribution in [0.2, 0.25) is 0 Å². The van der Waals surface area contributed by atoms with Crippen LogP contribution in [-0.2, 0) is 0 Å². The van der Waals surface area contributed by atoms with Gasteiger partial charge in [-0.15, -0.1) is 24.8 Å². The van der Waals surface area contributed by atoms with E-state index >= 15 is 0 Å². The van der Waals surface area contributed by atoms with Crippen LogP contribution >= 0.6 is 24.8 Å². The zero-order valence-corrected chi connectivity index (χ0v) is 13.3. The number of aryl methyl sites for hydroxylation is 2. The summed E-state index contributed by atoms with van der Waals surface area (Å²) in [5, 5.41) is 0.880. The van der Waals surface area contributed by atoms with Crippen molar-refractivity contribution in [2.45, 2.75) is 13.8 Å². The van der Waals surface area contributed by atoms with E-state index in [9.17, 15) is 0 Å². The van der Waals surface area contributed by atoms with E-state index in [0.717, 1.165) is 27.7 Å². The Hall–Kier alpha value is -1.91. The number of hydrogen-bond acceptors (Lipinski definition) is 4. The summed E-state index contributed by atoms with van der Waals surface area (Å²) >= 11 is 0. The number of pyridine rings is 1. The van der Waals surface area contributed by atoms with E-state index in [1.54, 1.807) is 0 Å². The average Bonchev–Trinajstić information content (AvgIpc) is 2.39. The summed E-state index contributed by atoms with van der Waals surface area (Å²) in [7, 11) is 0. The second-order valence-corrected chi connectivity index (χ2v) is 4.58. The Kier molecular flexibility index (Phi) is 5.47. The molecule has 0 aliphatic carbocycles. The van der Waals surface area contributed by atoms with E-state index in [-0.39, 0.29) is 24.8 Å². The highest BCUT2D eigenvalue weighted by Crippen LogP contribution is 2.29. The second-order valence-electron chi connectivity index (χ2n) is 4.58. The molecule has 2 heterocycles. The molecule has 0 saturated carbocycles. The van der Waals surface area contributed by atoms with E-state index in [2.05, 4.69) is 21.9 Å². The van der Waals surface area contributed by atoms with Gasteiger partial charge >= 0.3 is 0 Å². The van der Waals surface area contributed by atoms with Gasteiger partial charge in [0.15, 0.2) is 0 Å². The van der Waals surface area contributed by atoms with Crippen molar-refractivity contribution in [2.75, 3.05) is 5.73 Å². The van der Waals surface area contributed by atoms with Crippen LogP contribution in [0.1, 0.15) is 11.3 Å². The molecule has 2 N–H and O–H groups in total. The maximum Gasteiger partial charge on any atom is 0.134 e. The average molecular weight is 323 g/mol. The monoisotopic (exact) mass is 322 g/mol. The van der Waals surface area contributed by atoms with Crippen LogP contribution in [0.5, 0.6) is 0 Å². The normalized spacial score (nSPS) is 9.81. The highest BCUT2D eigenvalue weighted by molar-refractivity contribution is 5.91. The number of fused-ring (bicyclic) bond motifs is 1. The molecule has 2 aromatic heterocycles. The molecule has 0 amide bonds. The standard InChI is InChI=1S/C15H14N4.2ClH/c1-9-5-6-17-10(2)14(9)11-3-4-12-13(7-11)18-8-19-15(12)16;;/h3-8H,1-2H3,(H2,16,18,19);2*1H. The molecule has 0 saturated heterocycles. The van der Waals surface area contributed by atoms with Gasteiger partial charge < -0.3 is 5.73 Å². The minimum atomic E-state index is 0. The molecule has 6 heteroatoms. The first-order chi connectivity index (χ1) is 9.16. The summed E-state index contributed by atoms with van der Waals surface area (Å²) in [6, 6.07) is 8.05. The second kappa shape index (κ2) is 6.70. The summed E-state index contributed by atoms with van der Waals surface area (Å²) in [4.78, 5) is 12.6. The fourth-order valence-corrected chi connectivity index (χ4v) is 2.36. The first-order valence-electron chi connectivity index (χ1n) is 6.09. The van der Waals surface area contributed by atoms with Crippen molar-refractivity contribution in [2.24, 2.45) is 0 Å². The first kappa shape index (κ1) is 17.1. The maximum atomic E-state index is 5.84. The van der Waals surface area contributed by atoms with Crippen molar-refractivity contribution in [3.05, 3.63) is 48.0 Å². The summed E-state index contributed by atoms with van der Waals surface area (Å²) in [6.45, 7) is 4.10. The Balaban J connectivity index is 0.00000110. The molecular formula is C15H16Cl2N4. The minimum Gasteiger partial charge on any atom is -0.383 e. The first-order valence-corrected chi connectivity index (χ1v) is 6.09. The quantitative estimate of drug-likeness (QED) is 0.741. The van der Waals surface area contributed by atoms with Crippen LogP contribution in [0, 0.1) is 13.8 Å². The zero-order chi connectivity index (χ0) is 13.4. The summed E-state index contributed by atoms with van der Waals surface area (Å²) in [5.41, 5.74) is 11.2. The third-order valence-corrected chi connectivity index (χ3v) is 3.30. The van der Waals surface area contributed by atoms with Gasteiger partial charge in [-0.25, -0.2) is 9.97 Å². The van der Waals surface area contributed by atoms with Crippen LogP contribution in [0.15, 0.2) is 36.8 Å². The molecule has 0 fully saturated rings. The lowest BCUT2D eigenvalue weighted by Crippen LogP contribution is -1.95. The topological polar surface area (TPSA) is 64.7 Å². The van der Waals surface area contributed by atoms with E-state index in [1.807, 2.05) is 37.4 Å². The molecule has 0 aliphatic rings. The van der Waals surface area contributed by atoms with Gasteiger partial charge in [-0.05, 0) is 43.2 Å². The zero-order valence-electron chi connectivity index (χ0n) is 11.7. The van der Waals surface area contributed by atoms with Crippen molar-refractivity contribution < 1.29 is 0 Å². The molecule has 1 aromatic carbocycles. The van der Waals surface area contributed by atoms with E-state index in [4.69, 9.17) is 5.73 Å². The van der Waals surface area contributed by atoms with Crippen molar-refractivity contribution in [3.8, 4) is 11.1 Å². The van der Waals surface area contributed by atoms with Gasteiger partial charge in [0, 0.05) is 22.8 Å². The van der Waals surface area contributed by atoms with Crippen LogP contribution in [-0.4, -0.2) is 15.0 Å². The van der Waals surface area contributed by atoms with Crippen LogP contribution in [0.4, 0.5) is 5.82 Å². The van der Waals surface area contributed by atoms with Gasteiger partial charge in [0.25, 0.3) is 0 Å². The SMILES string of the molecule is Cc1ccnc(C)c1-c1ccc2c(N)ncnc2c1.Cl.Cl. The molecule has 21 heavy (non-hydrogen) atoms. The molecule has 3 rings (SSSR count). The number of rotatable bonds is 1. The van der Waals surface area contributed by atoms with Crippen molar-refractivity contribution >= 4 is 41.5 Å². The Morgan fingerprint density at radius 3 is 2.43 bits per heavy atom. The Bertz CT molecular complexity index is 754. The minimum absolute atomic E-state index is 0. The summed E-state index contributed by atoms with van der Waals surface area (Å²) < 4.78 is 0. The molecule has 0 unspecified atom stereocenters. The van der Waals surface area contributed by atoms with Crippen LogP contribution < -0.4 is 5.73 Å². The Labute approximate surface area is 135 Å². The van der Waals surface area contributed by atoms with E-state index in [0.29, 0.717) is 5.82 Å². The van der Waals surface area contributed by atoms with Gasteiger partial charge in [-0.2, -0.15) is 0 Å². The molecular weight excluding hydrogens is 307 g/mol. The number of halogens is 2. The predicted molar refractivity (Wildman–Crippen MR) is 91.2 cm³/mol. The highest BCUT2D eigenvalue weighted by Gasteiger charge is 2.08. The number of hydrogen-bond donors (Lipinski definition) is 1. The van der Waals surface area contributed by atoms with E-state index in [1.165, 1.54) is 11.9 Å². The fraction of sp³-hybridized carbons (Fsp3) is 0.133. The highest BCUT2D eigenvalue weighted by atomic mass is 35.5. The molecule has 0 bridgehead atoms. The van der Waals surface area contributed by atoms with E-state index < -0.39 is 0 Å².